The average molecular weight is 537 g/mol. The lowest BCUT2D eigenvalue weighted by Gasteiger charge is -2.24. The predicted octanol–water partition coefficient (Wildman–Crippen LogP) is 2.37. The minimum atomic E-state index is -1.56. The van der Waals surface area contributed by atoms with E-state index >= 15 is 0 Å². The number of carbonyl (C=O) groups is 3. The molecule has 2 heterocycles. The molecule has 2 aliphatic carbocycles. The minimum Gasteiger partial charge on any atom is -0.481 e. The number of halogens is 2. The summed E-state index contributed by atoms with van der Waals surface area (Å²) in [7, 11) is 1.32. The van der Waals surface area contributed by atoms with Gasteiger partial charge in [0.2, 0.25) is 0 Å². The summed E-state index contributed by atoms with van der Waals surface area (Å²) in [6.45, 7) is 6.89. The van der Waals surface area contributed by atoms with Crippen molar-refractivity contribution < 1.29 is 42.5 Å². The number of H-pyrrole nitrogens is 1. The van der Waals surface area contributed by atoms with Gasteiger partial charge in [-0.1, -0.05) is 0 Å². The molecule has 0 amide bonds. The predicted molar refractivity (Wildman–Crippen MR) is 129 cm³/mol. The van der Waals surface area contributed by atoms with Crippen molar-refractivity contribution in [3.63, 3.8) is 0 Å². The number of aryl methyl sites for hydroxylation is 2. The van der Waals surface area contributed by atoms with Gasteiger partial charge in [-0.15, -0.1) is 0 Å². The number of nitrogens with zero attached hydrogens (tertiary/aromatic N) is 1. The number of ether oxygens (including phenoxy) is 3. The van der Waals surface area contributed by atoms with E-state index in [0.717, 1.165) is 0 Å². The average Bonchev–Trinajstić information content (AvgIpc) is 3.51. The number of hydrogen-bond acceptors (Lipinski definition) is 8. The number of rotatable bonds is 6. The van der Waals surface area contributed by atoms with Gasteiger partial charge in [0, 0.05) is 29.8 Å². The highest BCUT2D eigenvalue weighted by Crippen LogP contribution is 2.43. The molecule has 2 N–H and O–H groups in total. The molecule has 4 rings (SSSR count). The second-order valence-corrected chi connectivity index (χ2v) is 9.15. The number of carboxylic acid groups (broad SMARTS) is 1. The van der Waals surface area contributed by atoms with Crippen LogP contribution in [0, 0.1) is 36.8 Å². The molecule has 0 aromatic carbocycles. The third-order valence-corrected chi connectivity index (χ3v) is 6.84. The third kappa shape index (κ3) is 5.11. The quantitative estimate of drug-likeness (QED) is 0.420. The monoisotopic (exact) mass is 536 g/mol. The SMILES string of the molecule is CCOC(=O)C1(C(=O)OCC)Cc2c(C)nc(OC)c(F)c2C1.Cc1[nH]c(=O)c(F)c2c1CC(C(=O)O)C2. The van der Waals surface area contributed by atoms with Crippen LogP contribution in [0.15, 0.2) is 4.79 Å². The van der Waals surface area contributed by atoms with E-state index in [0.29, 0.717) is 28.9 Å². The van der Waals surface area contributed by atoms with Crippen molar-refractivity contribution in [1.29, 1.82) is 0 Å². The van der Waals surface area contributed by atoms with Gasteiger partial charge in [0.25, 0.3) is 11.4 Å². The lowest BCUT2D eigenvalue weighted by atomic mass is 9.84. The molecule has 0 fully saturated rings. The zero-order valence-electron chi connectivity index (χ0n) is 21.8. The molecule has 0 saturated carbocycles. The van der Waals surface area contributed by atoms with Gasteiger partial charge in [0.05, 0.1) is 26.2 Å². The summed E-state index contributed by atoms with van der Waals surface area (Å²) in [6, 6.07) is 0. The smallest absolute Gasteiger partial charge is 0.324 e. The van der Waals surface area contributed by atoms with E-state index in [4.69, 9.17) is 19.3 Å². The number of hydrogen-bond donors (Lipinski definition) is 2. The second kappa shape index (κ2) is 11.3. The van der Waals surface area contributed by atoms with Crippen molar-refractivity contribution in [1.82, 2.24) is 9.97 Å². The molecule has 2 aromatic heterocycles. The van der Waals surface area contributed by atoms with Crippen LogP contribution in [0.3, 0.4) is 0 Å². The summed E-state index contributed by atoms with van der Waals surface area (Å²) >= 11 is 0. The Morgan fingerprint density at radius 2 is 1.53 bits per heavy atom. The maximum absolute atomic E-state index is 14.5. The summed E-state index contributed by atoms with van der Waals surface area (Å²) in [4.78, 5) is 53.1. The number of methoxy groups -OCH3 is 1. The van der Waals surface area contributed by atoms with Gasteiger partial charge >= 0.3 is 17.9 Å². The molecule has 0 aliphatic heterocycles. The molecule has 0 saturated heterocycles. The number of pyridine rings is 2. The van der Waals surface area contributed by atoms with E-state index in [1.54, 1.807) is 27.7 Å². The fraction of sp³-hybridized carbons (Fsp3) is 0.500. The molecule has 1 atom stereocenters. The maximum atomic E-state index is 14.5. The van der Waals surface area contributed by atoms with Gasteiger partial charge in [-0.2, -0.15) is 0 Å². The summed E-state index contributed by atoms with van der Waals surface area (Å²) < 4.78 is 42.9. The first kappa shape index (κ1) is 28.7. The number of nitrogens with one attached hydrogen (secondary N) is 1. The molecular weight excluding hydrogens is 506 g/mol. The van der Waals surface area contributed by atoms with Gasteiger partial charge in [-0.05, 0) is 57.2 Å². The van der Waals surface area contributed by atoms with E-state index in [2.05, 4.69) is 9.97 Å². The van der Waals surface area contributed by atoms with Crippen molar-refractivity contribution in [2.45, 2.75) is 53.4 Å². The number of aromatic amines is 1. The number of carboxylic acids is 1. The van der Waals surface area contributed by atoms with Crippen molar-refractivity contribution >= 4 is 17.9 Å². The lowest BCUT2D eigenvalue weighted by molar-refractivity contribution is -0.171. The zero-order chi connectivity index (χ0) is 28.4. The number of aliphatic carboxylic acids is 1. The van der Waals surface area contributed by atoms with Crippen LogP contribution in [0.4, 0.5) is 8.78 Å². The molecule has 10 nitrogen and oxygen atoms in total. The van der Waals surface area contributed by atoms with Crippen LogP contribution in [-0.4, -0.2) is 53.3 Å². The molecule has 1 unspecified atom stereocenters. The molecule has 2 aromatic rings. The van der Waals surface area contributed by atoms with E-state index in [-0.39, 0.29) is 49.5 Å². The summed E-state index contributed by atoms with van der Waals surface area (Å²) in [5.74, 6) is -4.59. The zero-order valence-corrected chi connectivity index (χ0v) is 21.8. The highest BCUT2D eigenvalue weighted by atomic mass is 19.1. The first-order valence-corrected chi connectivity index (χ1v) is 12.1. The Kier molecular flexibility index (Phi) is 8.53. The maximum Gasteiger partial charge on any atom is 0.324 e. The van der Waals surface area contributed by atoms with E-state index < -0.39 is 46.4 Å². The van der Waals surface area contributed by atoms with Crippen LogP contribution in [0.1, 0.15) is 47.5 Å². The Hall–Kier alpha value is -3.83. The van der Waals surface area contributed by atoms with Crippen LogP contribution >= 0.6 is 0 Å². The fourth-order valence-electron chi connectivity index (χ4n) is 4.90. The Balaban J connectivity index is 0.000000230. The van der Waals surface area contributed by atoms with Crippen LogP contribution < -0.4 is 10.3 Å². The first-order chi connectivity index (χ1) is 17.9. The number of fused-ring (bicyclic) bond motifs is 2. The van der Waals surface area contributed by atoms with Crippen molar-refractivity contribution in [2.75, 3.05) is 20.3 Å². The Bertz CT molecular complexity index is 1320. The third-order valence-electron chi connectivity index (χ3n) is 6.84. The van der Waals surface area contributed by atoms with E-state index in [9.17, 15) is 28.0 Å². The van der Waals surface area contributed by atoms with Crippen LogP contribution in [-0.2, 0) is 49.5 Å². The van der Waals surface area contributed by atoms with Gasteiger partial charge in [0.1, 0.15) is 0 Å². The molecular formula is C26H30F2N2O8. The molecule has 206 valence electrons. The van der Waals surface area contributed by atoms with Crippen LogP contribution in [0.5, 0.6) is 5.88 Å². The highest BCUT2D eigenvalue weighted by Gasteiger charge is 2.54. The largest absolute Gasteiger partial charge is 0.481 e. The molecule has 12 heteroatoms. The highest BCUT2D eigenvalue weighted by molar-refractivity contribution is 6.01. The number of esters is 2. The van der Waals surface area contributed by atoms with Crippen molar-refractivity contribution in [2.24, 2.45) is 11.3 Å². The Labute approximate surface area is 217 Å². The standard InChI is InChI=1S/C16H20FNO5.C10H10FNO3/c1-5-22-14(19)16(15(20)23-6-2)7-10-9(3)18-13(21-4)12(17)11(10)8-16;1-4-6-2-5(10(14)15)3-7(6)8(11)9(13)12-4/h5-8H2,1-4H3;5H,2-3H2,1H3,(H,12,13)(H,14,15). The Morgan fingerprint density at radius 1 is 0.974 bits per heavy atom. The number of carbonyl (C=O) groups excluding carboxylic acids is 2. The molecule has 0 bridgehead atoms. The minimum absolute atomic E-state index is 0.0136. The van der Waals surface area contributed by atoms with Crippen molar-refractivity contribution in [3.05, 3.63) is 55.6 Å². The van der Waals surface area contributed by atoms with Gasteiger partial charge < -0.3 is 24.3 Å². The Morgan fingerprint density at radius 3 is 2.05 bits per heavy atom. The molecule has 2 aliphatic rings. The second-order valence-electron chi connectivity index (χ2n) is 9.15. The van der Waals surface area contributed by atoms with E-state index in [1.807, 2.05) is 0 Å². The normalized spacial score (nSPS) is 16.6. The molecule has 38 heavy (non-hydrogen) atoms. The van der Waals surface area contributed by atoms with Gasteiger partial charge in [-0.3, -0.25) is 19.2 Å². The van der Waals surface area contributed by atoms with Crippen LogP contribution in [0.25, 0.3) is 0 Å². The van der Waals surface area contributed by atoms with Crippen molar-refractivity contribution in [3.8, 4) is 5.88 Å². The first-order valence-electron chi connectivity index (χ1n) is 12.1. The molecule has 0 spiro atoms. The fourth-order valence-corrected chi connectivity index (χ4v) is 4.90. The topological polar surface area (TPSA) is 145 Å². The van der Waals surface area contributed by atoms with Gasteiger partial charge in [0.15, 0.2) is 17.0 Å². The molecule has 0 radical (unpaired) electrons. The summed E-state index contributed by atoms with van der Waals surface area (Å²) in [5.41, 5.74) is 0.461. The number of aromatic nitrogens is 2. The summed E-state index contributed by atoms with van der Waals surface area (Å²) in [5, 5.41) is 8.83. The van der Waals surface area contributed by atoms with E-state index in [1.165, 1.54) is 7.11 Å². The van der Waals surface area contributed by atoms with Gasteiger partial charge in [-0.25, -0.2) is 13.8 Å². The lowest BCUT2D eigenvalue weighted by Crippen LogP contribution is -2.43. The summed E-state index contributed by atoms with van der Waals surface area (Å²) in [6.07, 6.45) is 0.302. The van der Waals surface area contributed by atoms with Crippen LogP contribution in [0.2, 0.25) is 0 Å².